The lowest BCUT2D eigenvalue weighted by Gasteiger charge is -2.31. The van der Waals surface area contributed by atoms with Crippen LogP contribution in [0.3, 0.4) is 0 Å². The van der Waals surface area contributed by atoms with Crippen LogP contribution in [-0.4, -0.2) is 46.9 Å². The zero-order valence-corrected chi connectivity index (χ0v) is 14.7. The molecule has 2 aromatic rings. The van der Waals surface area contributed by atoms with Crippen molar-refractivity contribution in [2.45, 2.75) is 31.2 Å². The second kappa shape index (κ2) is 8.20. The Bertz CT molecular complexity index is 874. The summed E-state index contributed by atoms with van der Waals surface area (Å²) < 4.78 is 5.93. The van der Waals surface area contributed by atoms with Crippen molar-refractivity contribution in [2.75, 3.05) is 6.54 Å². The molecular formula is C20H22N2O5. The number of hydrogen-bond donors (Lipinski definition) is 4. The molecule has 1 aliphatic rings. The van der Waals surface area contributed by atoms with E-state index in [-0.39, 0.29) is 19.4 Å². The van der Waals surface area contributed by atoms with E-state index >= 15 is 0 Å². The lowest BCUT2D eigenvalue weighted by molar-refractivity contribution is -0.119. The van der Waals surface area contributed by atoms with Crippen LogP contribution in [0.15, 0.2) is 54.1 Å². The highest BCUT2D eigenvalue weighted by Gasteiger charge is 2.34. The van der Waals surface area contributed by atoms with E-state index in [0.29, 0.717) is 11.3 Å². The van der Waals surface area contributed by atoms with Crippen molar-refractivity contribution < 1.29 is 24.5 Å². The number of carbonyl (C=O) groups is 2. The van der Waals surface area contributed by atoms with Crippen LogP contribution in [0, 0.1) is 0 Å². The van der Waals surface area contributed by atoms with E-state index in [1.165, 1.54) is 6.08 Å². The molecule has 0 saturated heterocycles. The zero-order valence-electron chi connectivity index (χ0n) is 14.7. The van der Waals surface area contributed by atoms with Crippen LogP contribution in [0.1, 0.15) is 12.8 Å². The predicted molar refractivity (Wildman–Crippen MR) is 99.9 cm³/mol. The third-order valence-corrected chi connectivity index (χ3v) is 4.49. The second-order valence-corrected chi connectivity index (χ2v) is 6.49. The van der Waals surface area contributed by atoms with Crippen LogP contribution in [0.2, 0.25) is 0 Å². The molecule has 0 spiro atoms. The summed E-state index contributed by atoms with van der Waals surface area (Å²) in [7, 11) is 0. The van der Waals surface area contributed by atoms with E-state index in [0.717, 1.165) is 10.8 Å². The number of aliphatic hydroxyl groups is 2. The first-order valence-corrected chi connectivity index (χ1v) is 8.73. The van der Waals surface area contributed by atoms with Gasteiger partial charge in [0.25, 0.3) is 0 Å². The van der Waals surface area contributed by atoms with E-state index in [9.17, 15) is 19.8 Å². The van der Waals surface area contributed by atoms with Crippen molar-refractivity contribution in [2.24, 2.45) is 5.73 Å². The number of amides is 2. The van der Waals surface area contributed by atoms with Gasteiger partial charge in [0.2, 0.25) is 11.8 Å². The van der Waals surface area contributed by atoms with Crippen molar-refractivity contribution in [1.82, 2.24) is 5.32 Å². The number of nitrogens with two attached hydrogens (primary N) is 1. The molecule has 27 heavy (non-hydrogen) atoms. The van der Waals surface area contributed by atoms with Crippen LogP contribution in [0.4, 0.5) is 0 Å². The fourth-order valence-corrected chi connectivity index (χ4v) is 3.06. The van der Waals surface area contributed by atoms with Gasteiger partial charge in [0.1, 0.15) is 18.0 Å². The average Bonchev–Trinajstić information content (AvgIpc) is 2.65. The van der Waals surface area contributed by atoms with Crippen molar-refractivity contribution in [3.05, 3.63) is 54.1 Å². The summed E-state index contributed by atoms with van der Waals surface area (Å²) >= 11 is 0. The summed E-state index contributed by atoms with van der Waals surface area (Å²) in [5.74, 6) is -0.384. The van der Waals surface area contributed by atoms with Gasteiger partial charge in [-0.3, -0.25) is 9.59 Å². The lowest BCUT2D eigenvalue weighted by Crippen LogP contribution is -2.45. The summed E-state index contributed by atoms with van der Waals surface area (Å²) in [5, 5.41) is 24.9. The number of rotatable bonds is 6. The normalized spacial score (nSPS) is 22.1. The molecule has 7 nitrogen and oxygen atoms in total. The third kappa shape index (κ3) is 4.45. The van der Waals surface area contributed by atoms with E-state index in [1.807, 2.05) is 36.4 Å². The molecule has 0 aromatic heterocycles. The SMILES string of the molecule is NC(=O)CCNC(=O)C1=CC(Oc2cccc3ccccc23)C(O)C(O)C1. The summed E-state index contributed by atoms with van der Waals surface area (Å²) in [6.45, 7) is 0.110. The molecule has 5 N–H and O–H groups in total. The van der Waals surface area contributed by atoms with Crippen LogP contribution in [0.5, 0.6) is 5.75 Å². The van der Waals surface area contributed by atoms with E-state index < -0.39 is 30.1 Å². The van der Waals surface area contributed by atoms with Gasteiger partial charge < -0.3 is 26.0 Å². The van der Waals surface area contributed by atoms with Gasteiger partial charge in [-0.1, -0.05) is 36.4 Å². The largest absolute Gasteiger partial charge is 0.483 e. The molecule has 2 amide bonds. The van der Waals surface area contributed by atoms with Gasteiger partial charge >= 0.3 is 0 Å². The van der Waals surface area contributed by atoms with Crippen LogP contribution in [-0.2, 0) is 9.59 Å². The monoisotopic (exact) mass is 370 g/mol. The number of ether oxygens (including phenoxy) is 1. The van der Waals surface area contributed by atoms with Gasteiger partial charge in [-0.2, -0.15) is 0 Å². The number of hydrogen-bond acceptors (Lipinski definition) is 5. The molecule has 142 valence electrons. The standard InChI is InChI=1S/C20H22N2O5/c21-18(24)8-9-22-20(26)13-10-15(23)19(25)17(11-13)27-16-7-3-5-12-4-1-2-6-14(12)16/h1-7,11,15,17,19,23,25H,8-10H2,(H2,21,24)(H,22,26). The van der Waals surface area contributed by atoms with Crippen molar-refractivity contribution in [3.63, 3.8) is 0 Å². The predicted octanol–water partition coefficient (Wildman–Crippen LogP) is 0.631. The van der Waals surface area contributed by atoms with E-state index in [2.05, 4.69) is 5.32 Å². The highest BCUT2D eigenvalue weighted by molar-refractivity contribution is 5.94. The molecule has 0 fully saturated rings. The fraction of sp³-hybridized carbons (Fsp3) is 0.300. The summed E-state index contributed by atoms with van der Waals surface area (Å²) in [6, 6.07) is 13.2. The molecule has 0 aliphatic heterocycles. The number of fused-ring (bicyclic) bond motifs is 1. The Labute approximate surface area is 156 Å². The smallest absolute Gasteiger partial charge is 0.247 e. The molecule has 3 unspecified atom stereocenters. The van der Waals surface area contributed by atoms with Crippen molar-refractivity contribution >= 4 is 22.6 Å². The Balaban J connectivity index is 1.80. The Morgan fingerprint density at radius 2 is 1.89 bits per heavy atom. The molecular weight excluding hydrogens is 348 g/mol. The number of nitrogens with one attached hydrogen (secondary N) is 1. The minimum atomic E-state index is -1.16. The molecule has 2 aromatic carbocycles. The van der Waals surface area contributed by atoms with Crippen LogP contribution in [0.25, 0.3) is 10.8 Å². The zero-order chi connectivity index (χ0) is 19.4. The van der Waals surface area contributed by atoms with Gasteiger partial charge in [0.05, 0.1) is 6.10 Å². The van der Waals surface area contributed by atoms with Crippen LogP contribution < -0.4 is 15.8 Å². The summed E-state index contributed by atoms with van der Waals surface area (Å²) in [4.78, 5) is 23.0. The lowest BCUT2D eigenvalue weighted by atomic mass is 9.91. The maximum Gasteiger partial charge on any atom is 0.247 e. The maximum absolute atomic E-state index is 12.3. The first-order valence-electron chi connectivity index (χ1n) is 8.73. The van der Waals surface area contributed by atoms with Gasteiger partial charge in [-0.15, -0.1) is 0 Å². The number of carbonyl (C=O) groups excluding carboxylic acids is 2. The minimum Gasteiger partial charge on any atom is -0.483 e. The number of aliphatic hydroxyl groups excluding tert-OH is 2. The Morgan fingerprint density at radius 1 is 1.15 bits per heavy atom. The van der Waals surface area contributed by atoms with Gasteiger partial charge in [-0.25, -0.2) is 0 Å². The first-order chi connectivity index (χ1) is 13.0. The van der Waals surface area contributed by atoms with E-state index in [1.54, 1.807) is 6.07 Å². The minimum absolute atomic E-state index is 0.00102. The quantitative estimate of drug-likeness (QED) is 0.594. The molecule has 0 radical (unpaired) electrons. The summed E-state index contributed by atoms with van der Waals surface area (Å²) in [6.07, 6.45) is -1.63. The fourth-order valence-electron chi connectivity index (χ4n) is 3.06. The topological polar surface area (TPSA) is 122 Å². The number of benzene rings is 2. The molecule has 1 aliphatic carbocycles. The van der Waals surface area contributed by atoms with E-state index in [4.69, 9.17) is 10.5 Å². The Kier molecular flexibility index (Phi) is 5.73. The molecule has 0 heterocycles. The van der Waals surface area contributed by atoms with Crippen molar-refractivity contribution in [1.29, 1.82) is 0 Å². The van der Waals surface area contributed by atoms with Crippen molar-refractivity contribution in [3.8, 4) is 5.75 Å². The molecule has 0 saturated carbocycles. The summed E-state index contributed by atoms with van der Waals surface area (Å²) in [5.41, 5.74) is 5.35. The number of primary amides is 1. The second-order valence-electron chi connectivity index (χ2n) is 6.49. The van der Waals surface area contributed by atoms with Crippen LogP contribution >= 0.6 is 0 Å². The maximum atomic E-state index is 12.3. The first kappa shape index (κ1) is 18.9. The molecule has 0 bridgehead atoms. The molecule has 3 rings (SSSR count). The third-order valence-electron chi connectivity index (χ3n) is 4.49. The Hall–Kier alpha value is -2.90. The van der Waals surface area contributed by atoms with Gasteiger partial charge in [0, 0.05) is 30.3 Å². The Morgan fingerprint density at radius 3 is 2.67 bits per heavy atom. The van der Waals surface area contributed by atoms with Gasteiger partial charge in [-0.05, 0) is 17.5 Å². The molecule has 7 heteroatoms. The highest BCUT2D eigenvalue weighted by atomic mass is 16.5. The molecule has 3 atom stereocenters. The average molecular weight is 370 g/mol. The highest BCUT2D eigenvalue weighted by Crippen LogP contribution is 2.29. The van der Waals surface area contributed by atoms with Gasteiger partial charge in [0.15, 0.2) is 0 Å².